The maximum Gasteiger partial charge on any atom is 0.0572 e. The van der Waals surface area contributed by atoms with Crippen molar-refractivity contribution in [2.75, 3.05) is 27.3 Å². The summed E-state index contributed by atoms with van der Waals surface area (Å²) in [7, 11) is 4.45. The van der Waals surface area contributed by atoms with Crippen LogP contribution in [-0.2, 0) is 10.2 Å². The number of fused-ring (bicyclic) bond motifs is 2. The summed E-state index contributed by atoms with van der Waals surface area (Å²) < 4.78 is 5.79. The van der Waals surface area contributed by atoms with Crippen LogP contribution in [0.2, 0.25) is 0 Å². The van der Waals surface area contributed by atoms with Gasteiger partial charge in [-0.05, 0) is 37.6 Å². The lowest BCUT2D eigenvalue weighted by molar-refractivity contribution is -0.145. The minimum atomic E-state index is 0.379. The molecule has 1 aromatic rings. The molecule has 90 valence electrons. The Labute approximate surface area is 103 Å². The molecule has 1 aromatic carbocycles. The van der Waals surface area contributed by atoms with Gasteiger partial charge >= 0.3 is 0 Å². The second kappa shape index (κ2) is 3.12. The van der Waals surface area contributed by atoms with Gasteiger partial charge in [-0.1, -0.05) is 24.3 Å². The molecule has 1 spiro atoms. The first-order valence-corrected chi connectivity index (χ1v) is 6.60. The molecule has 4 atom stereocenters. The smallest absolute Gasteiger partial charge is 0.0572 e. The van der Waals surface area contributed by atoms with Gasteiger partial charge in [0.15, 0.2) is 0 Å². The summed E-state index contributed by atoms with van der Waals surface area (Å²) in [6.45, 7) is 1.90. The molecule has 4 unspecified atom stereocenters. The summed E-state index contributed by atoms with van der Waals surface area (Å²) in [5.41, 5.74) is 3.53. The molecule has 2 aliphatic carbocycles. The van der Waals surface area contributed by atoms with Gasteiger partial charge in [0.25, 0.3) is 0 Å². The summed E-state index contributed by atoms with van der Waals surface area (Å²) in [6, 6.07) is 9.72. The summed E-state index contributed by atoms with van der Waals surface area (Å²) in [5, 5.41) is 0. The van der Waals surface area contributed by atoms with E-state index in [9.17, 15) is 0 Å². The lowest BCUT2D eigenvalue weighted by atomic mass is 9.36. The number of nitrogens with zero attached hydrogens (tertiary/aromatic N) is 1. The fraction of sp³-hybridized carbons (Fsp3) is 0.600. The Balaban J connectivity index is 1.82. The van der Waals surface area contributed by atoms with Gasteiger partial charge in [-0.15, -0.1) is 0 Å². The van der Waals surface area contributed by atoms with E-state index in [0.717, 1.165) is 31.1 Å². The Morgan fingerprint density at radius 1 is 1.29 bits per heavy atom. The van der Waals surface area contributed by atoms with E-state index in [4.69, 9.17) is 4.74 Å². The molecular weight excluding hydrogens is 210 g/mol. The van der Waals surface area contributed by atoms with Crippen molar-refractivity contribution in [1.29, 1.82) is 0 Å². The average molecular weight is 229 g/mol. The lowest BCUT2D eigenvalue weighted by Gasteiger charge is -2.71. The quantitative estimate of drug-likeness (QED) is 0.730. The molecule has 2 fully saturated rings. The number of ether oxygens (including phenoxy) is 1. The van der Waals surface area contributed by atoms with Crippen molar-refractivity contribution in [3.8, 4) is 0 Å². The minimum Gasteiger partial charge on any atom is -0.380 e. The Bertz CT molecular complexity index is 470. The molecule has 1 heterocycles. The van der Waals surface area contributed by atoms with Gasteiger partial charge in [-0.25, -0.2) is 0 Å². The molecular formula is C15H19NO. The van der Waals surface area contributed by atoms with Gasteiger partial charge in [0.2, 0.25) is 0 Å². The monoisotopic (exact) mass is 229 g/mol. The van der Waals surface area contributed by atoms with Crippen LogP contribution in [0, 0.1) is 5.92 Å². The van der Waals surface area contributed by atoms with Gasteiger partial charge < -0.3 is 9.64 Å². The van der Waals surface area contributed by atoms with E-state index in [1.807, 2.05) is 0 Å². The molecule has 2 heteroatoms. The normalized spacial score (nSPS) is 41.9. The third-order valence-electron chi connectivity index (χ3n) is 5.28. The fourth-order valence-electron chi connectivity index (χ4n) is 4.71. The number of benzene rings is 1. The zero-order valence-electron chi connectivity index (χ0n) is 10.5. The number of hydrogen-bond acceptors (Lipinski definition) is 2. The van der Waals surface area contributed by atoms with Crippen molar-refractivity contribution in [3.05, 3.63) is 35.4 Å². The van der Waals surface area contributed by atoms with Gasteiger partial charge in [-0.2, -0.15) is 0 Å². The highest BCUT2D eigenvalue weighted by molar-refractivity contribution is 5.58. The third-order valence-corrected chi connectivity index (χ3v) is 5.28. The van der Waals surface area contributed by atoms with Crippen LogP contribution in [0.4, 0.5) is 0 Å². The molecule has 2 nitrogen and oxygen atoms in total. The maximum absolute atomic E-state index is 5.79. The van der Waals surface area contributed by atoms with Crippen LogP contribution in [0.15, 0.2) is 24.3 Å². The van der Waals surface area contributed by atoms with Crippen LogP contribution >= 0.6 is 0 Å². The number of hydrogen-bond donors (Lipinski definition) is 0. The predicted molar refractivity (Wildman–Crippen MR) is 67.3 cm³/mol. The van der Waals surface area contributed by atoms with Crippen molar-refractivity contribution in [3.63, 3.8) is 0 Å². The predicted octanol–water partition coefficient (Wildman–Crippen LogP) is 2.00. The van der Waals surface area contributed by atoms with Crippen molar-refractivity contribution in [2.24, 2.45) is 5.92 Å². The van der Waals surface area contributed by atoms with Crippen molar-refractivity contribution >= 4 is 0 Å². The second-order valence-corrected chi connectivity index (χ2v) is 6.01. The highest BCUT2D eigenvalue weighted by Gasteiger charge is 2.70. The van der Waals surface area contributed by atoms with Gasteiger partial charge in [0.1, 0.15) is 0 Å². The zero-order valence-corrected chi connectivity index (χ0v) is 10.5. The average Bonchev–Trinajstić information content (AvgIpc) is 2.32. The highest BCUT2D eigenvalue weighted by atomic mass is 16.5. The molecule has 0 aromatic heterocycles. The summed E-state index contributed by atoms with van der Waals surface area (Å²) in [5.74, 6) is 1.53. The Morgan fingerprint density at radius 3 is 2.94 bits per heavy atom. The van der Waals surface area contributed by atoms with Crippen LogP contribution in [-0.4, -0.2) is 38.3 Å². The van der Waals surface area contributed by atoms with Crippen LogP contribution in [0.1, 0.15) is 23.5 Å². The molecule has 0 radical (unpaired) electrons. The SMILES string of the molecule is CN(C)C1C2CCOCC23c2ccccc2C13. The summed E-state index contributed by atoms with van der Waals surface area (Å²) in [4.78, 5) is 2.43. The van der Waals surface area contributed by atoms with Crippen molar-refractivity contribution in [1.82, 2.24) is 4.90 Å². The Hall–Kier alpha value is -0.860. The molecule has 3 aliphatic rings. The van der Waals surface area contributed by atoms with Crippen molar-refractivity contribution in [2.45, 2.75) is 23.8 Å². The second-order valence-electron chi connectivity index (χ2n) is 6.01. The molecule has 17 heavy (non-hydrogen) atoms. The molecule has 0 bridgehead atoms. The number of likely N-dealkylation sites (N-methyl/N-ethyl adjacent to an activating group) is 1. The first kappa shape index (κ1) is 10.1. The van der Waals surface area contributed by atoms with E-state index in [1.165, 1.54) is 6.42 Å². The molecule has 1 saturated heterocycles. The Kier molecular flexibility index (Phi) is 1.85. The van der Waals surface area contributed by atoms with Gasteiger partial charge in [-0.3, -0.25) is 0 Å². The van der Waals surface area contributed by atoms with E-state index in [-0.39, 0.29) is 0 Å². The summed E-state index contributed by atoms with van der Waals surface area (Å²) in [6.07, 6.45) is 1.23. The van der Waals surface area contributed by atoms with Gasteiger partial charge in [0, 0.05) is 24.0 Å². The van der Waals surface area contributed by atoms with Crippen LogP contribution in [0.3, 0.4) is 0 Å². The van der Waals surface area contributed by atoms with E-state index >= 15 is 0 Å². The molecule has 1 aliphatic heterocycles. The highest BCUT2D eigenvalue weighted by Crippen LogP contribution is 2.70. The van der Waals surface area contributed by atoms with Gasteiger partial charge in [0.05, 0.1) is 6.61 Å². The van der Waals surface area contributed by atoms with Crippen LogP contribution in [0.25, 0.3) is 0 Å². The Morgan fingerprint density at radius 2 is 2.12 bits per heavy atom. The van der Waals surface area contributed by atoms with E-state index in [0.29, 0.717) is 5.41 Å². The van der Waals surface area contributed by atoms with E-state index in [1.54, 1.807) is 11.1 Å². The van der Waals surface area contributed by atoms with Crippen LogP contribution < -0.4 is 0 Å². The first-order chi connectivity index (χ1) is 8.27. The van der Waals surface area contributed by atoms with Crippen LogP contribution in [0.5, 0.6) is 0 Å². The van der Waals surface area contributed by atoms with Crippen molar-refractivity contribution < 1.29 is 4.74 Å². The van der Waals surface area contributed by atoms with E-state index in [2.05, 4.69) is 43.3 Å². The minimum absolute atomic E-state index is 0.379. The molecule has 1 saturated carbocycles. The summed E-state index contributed by atoms with van der Waals surface area (Å²) >= 11 is 0. The molecule has 4 rings (SSSR count). The topological polar surface area (TPSA) is 12.5 Å². The molecule has 0 N–H and O–H groups in total. The largest absolute Gasteiger partial charge is 0.380 e. The maximum atomic E-state index is 5.79. The lowest BCUT2D eigenvalue weighted by Crippen LogP contribution is -2.74. The number of rotatable bonds is 1. The standard InChI is InChI=1S/C15H19NO/c1-16(2)14-12-7-8-17-9-15(12)11-6-4-3-5-10(11)13(14)15/h3-6,12-14H,7-9H2,1-2H3. The zero-order chi connectivity index (χ0) is 11.6. The molecule has 0 amide bonds. The fourth-order valence-corrected chi connectivity index (χ4v) is 4.71. The first-order valence-electron chi connectivity index (χ1n) is 6.60. The van der Waals surface area contributed by atoms with E-state index < -0.39 is 0 Å². The third kappa shape index (κ3) is 0.962.